The first-order valence-electron chi connectivity index (χ1n) is 6.84. The van der Waals surface area contributed by atoms with E-state index >= 15 is 0 Å². The van der Waals surface area contributed by atoms with E-state index in [9.17, 15) is 0 Å². The monoisotopic (exact) mass is 254 g/mol. The Kier molecular flexibility index (Phi) is 4.58. The minimum atomic E-state index is 0.420. The number of hydrogen-bond acceptors (Lipinski definition) is 2. The lowest BCUT2D eigenvalue weighted by atomic mass is 10.1. The second-order valence-electron chi connectivity index (χ2n) is 4.89. The molecule has 0 aliphatic carbocycles. The van der Waals surface area contributed by atoms with Crippen LogP contribution in [0, 0.1) is 0 Å². The maximum Gasteiger partial charge on any atom is 0.0323 e. The lowest BCUT2D eigenvalue weighted by Crippen LogP contribution is -2.26. The molecule has 0 aromatic heterocycles. The van der Waals surface area contributed by atoms with Crippen LogP contribution in [0.4, 0.5) is 5.69 Å². The van der Waals surface area contributed by atoms with Crippen LogP contribution in [0.3, 0.4) is 0 Å². The van der Waals surface area contributed by atoms with Gasteiger partial charge >= 0.3 is 0 Å². The molecule has 0 saturated heterocycles. The molecule has 2 aromatic rings. The highest BCUT2D eigenvalue weighted by Crippen LogP contribution is 2.22. The lowest BCUT2D eigenvalue weighted by molar-refractivity contribution is 0.213. The number of nitrogen functional groups attached to an aromatic ring is 1. The molecule has 1 atom stereocenters. The van der Waals surface area contributed by atoms with Gasteiger partial charge in [0, 0.05) is 18.3 Å². The molecule has 1 unspecified atom stereocenters. The van der Waals surface area contributed by atoms with Crippen molar-refractivity contribution in [3.63, 3.8) is 0 Å². The summed E-state index contributed by atoms with van der Waals surface area (Å²) in [5.41, 5.74) is 9.21. The van der Waals surface area contributed by atoms with Crippen molar-refractivity contribution in [2.75, 3.05) is 12.3 Å². The van der Waals surface area contributed by atoms with E-state index in [4.69, 9.17) is 5.73 Å². The molecule has 0 fully saturated rings. The highest BCUT2D eigenvalue weighted by Gasteiger charge is 2.13. The van der Waals surface area contributed by atoms with Gasteiger partial charge in [0.05, 0.1) is 0 Å². The quantitative estimate of drug-likeness (QED) is 0.821. The predicted molar refractivity (Wildman–Crippen MR) is 81.8 cm³/mol. The summed E-state index contributed by atoms with van der Waals surface area (Å²) in [6.07, 6.45) is 0. The Morgan fingerprint density at radius 1 is 1.00 bits per heavy atom. The zero-order chi connectivity index (χ0) is 13.7. The van der Waals surface area contributed by atoms with Crippen LogP contribution in [0.1, 0.15) is 31.0 Å². The van der Waals surface area contributed by atoms with Gasteiger partial charge in [0.1, 0.15) is 0 Å². The van der Waals surface area contributed by atoms with Gasteiger partial charge in [0.2, 0.25) is 0 Å². The fourth-order valence-corrected chi connectivity index (χ4v) is 2.32. The van der Waals surface area contributed by atoms with Gasteiger partial charge in [0.15, 0.2) is 0 Å². The van der Waals surface area contributed by atoms with Crippen LogP contribution in [-0.4, -0.2) is 11.4 Å². The normalized spacial score (nSPS) is 12.6. The summed E-state index contributed by atoms with van der Waals surface area (Å²) >= 11 is 0. The maximum absolute atomic E-state index is 5.73. The van der Waals surface area contributed by atoms with Crippen molar-refractivity contribution < 1.29 is 0 Å². The summed E-state index contributed by atoms with van der Waals surface area (Å²) < 4.78 is 0. The van der Waals surface area contributed by atoms with E-state index in [0.29, 0.717) is 6.04 Å². The van der Waals surface area contributed by atoms with Crippen molar-refractivity contribution in [3.8, 4) is 0 Å². The Morgan fingerprint density at radius 2 is 1.63 bits per heavy atom. The Labute approximate surface area is 115 Å². The van der Waals surface area contributed by atoms with Crippen molar-refractivity contribution >= 4 is 5.69 Å². The number of benzene rings is 2. The smallest absolute Gasteiger partial charge is 0.0323 e. The molecule has 0 radical (unpaired) electrons. The van der Waals surface area contributed by atoms with Crippen LogP contribution < -0.4 is 5.73 Å². The number of nitrogens with zero attached hydrogens (tertiary/aromatic N) is 1. The third-order valence-electron chi connectivity index (χ3n) is 3.60. The Bertz CT molecular complexity index is 490. The van der Waals surface area contributed by atoms with Gasteiger partial charge < -0.3 is 5.73 Å². The van der Waals surface area contributed by atoms with Crippen molar-refractivity contribution in [1.82, 2.24) is 4.90 Å². The van der Waals surface area contributed by atoms with Gasteiger partial charge in [-0.2, -0.15) is 0 Å². The molecule has 0 bridgehead atoms. The molecule has 0 saturated carbocycles. The SMILES string of the molecule is CCN(Cc1ccc(N)cc1)C(C)c1ccccc1. The van der Waals surface area contributed by atoms with E-state index in [2.05, 4.69) is 61.2 Å². The molecule has 2 nitrogen and oxygen atoms in total. The van der Waals surface area contributed by atoms with E-state index in [1.54, 1.807) is 0 Å². The van der Waals surface area contributed by atoms with Gasteiger partial charge in [-0.05, 0) is 36.7 Å². The van der Waals surface area contributed by atoms with E-state index in [-0.39, 0.29) is 0 Å². The first-order valence-corrected chi connectivity index (χ1v) is 6.84. The van der Waals surface area contributed by atoms with Crippen LogP contribution in [0.15, 0.2) is 54.6 Å². The molecule has 2 rings (SSSR count). The van der Waals surface area contributed by atoms with E-state index in [0.717, 1.165) is 18.8 Å². The average molecular weight is 254 g/mol. The zero-order valence-corrected chi connectivity index (χ0v) is 11.7. The van der Waals surface area contributed by atoms with Crippen molar-refractivity contribution in [2.24, 2.45) is 0 Å². The Hall–Kier alpha value is -1.80. The molecule has 2 N–H and O–H groups in total. The summed E-state index contributed by atoms with van der Waals surface area (Å²) in [4.78, 5) is 2.46. The molecule has 2 aromatic carbocycles. The minimum absolute atomic E-state index is 0.420. The molecule has 0 aliphatic rings. The molecule has 100 valence electrons. The Balaban J connectivity index is 2.10. The van der Waals surface area contributed by atoms with Crippen molar-refractivity contribution in [3.05, 3.63) is 65.7 Å². The highest BCUT2D eigenvalue weighted by molar-refractivity contribution is 5.39. The first kappa shape index (κ1) is 13.6. The Morgan fingerprint density at radius 3 is 2.21 bits per heavy atom. The van der Waals surface area contributed by atoms with E-state index in [1.807, 2.05) is 12.1 Å². The molecule has 0 heterocycles. The molecule has 19 heavy (non-hydrogen) atoms. The average Bonchev–Trinajstić information content (AvgIpc) is 2.47. The lowest BCUT2D eigenvalue weighted by Gasteiger charge is -2.28. The number of hydrogen-bond donors (Lipinski definition) is 1. The van der Waals surface area contributed by atoms with E-state index in [1.165, 1.54) is 11.1 Å². The highest BCUT2D eigenvalue weighted by atomic mass is 15.1. The van der Waals surface area contributed by atoms with Gasteiger partial charge in [-0.15, -0.1) is 0 Å². The van der Waals surface area contributed by atoms with Gasteiger partial charge in [-0.1, -0.05) is 49.4 Å². The molecular formula is C17H22N2. The van der Waals surface area contributed by atoms with Crippen LogP contribution in [0.2, 0.25) is 0 Å². The second-order valence-corrected chi connectivity index (χ2v) is 4.89. The van der Waals surface area contributed by atoms with Crippen LogP contribution in [0.25, 0.3) is 0 Å². The maximum atomic E-state index is 5.73. The molecule has 2 heteroatoms. The largest absolute Gasteiger partial charge is 0.399 e. The minimum Gasteiger partial charge on any atom is -0.399 e. The summed E-state index contributed by atoms with van der Waals surface area (Å²) in [6, 6.07) is 19.2. The third-order valence-corrected chi connectivity index (χ3v) is 3.60. The van der Waals surface area contributed by atoms with Crippen molar-refractivity contribution in [1.29, 1.82) is 0 Å². The third kappa shape index (κ3) is 3.58. The zero-order valence-electron chi connectivity index (χ0n) is 11.7. The number of anilines is 1. The van der Waals surface area contributed by atoms with Crippen LogP contribution in [0.5, 0.6) is 0 Å². The molecular weight excluding hydrogens is 232 g/mol. The van der Waals surface area contributed by atoms with Gasteiger partial charge in [0.25, 0.3) is 0 Å². The molecule has 0 aliphatic heterocycles. The van der Waals surface area contributed by atoms with Crippen molar-refractivity contribution in [2.45, 2.75) is 26.4 Å². The fourth-order valence-electron chi connectivity index (χ4n) is 2.32. The summed E-state index contributed by atoms with van der Waals surface area (Å²) in [5.74, 6) is 0. The molecule has 0 amide bonds. The number of nitrogens with two attached hydrogens (primary N) is 1. The first-order chi connectivity index (χ1) is 9.20. The topological polar surface area (TPSA) is 29.3 Å². The summed E-state index contributed by atoms with van der Waals surface area (Å²) in [5, 5.41) is 0. The standard InChI is InChI=1S/C17H22N2/c1-3-19(13-15-9-11-17(18)12-10-15)14(2)16-7-5-4-6-8-16/h4-12,14H,3,13,18H2,1-2H3. The number of rotatable bonds is 5. The fraction of sp³-hybridized carbons (Fsp3) is 0.294. The predicted octanol–water partition coefficient (Wildman–Crippen LogP) is 3.85. The summed E-state index contributed by atoms with van der Waals surface area (Å²) in [6.45, 7) is 6.44. The van der Waals surface area contributed by atoms with E-state index < -0.39 is 0 Å². The van der Waals surface area contributed by atoms with Crippen LogP contribution >= 0.6 is 0 Å². The van der Waals surface area contributed by atoms with Gasteiger partial charge in [-0.25, -0.2) is 0 Å². The van der Waals surface area contributed by atoms with Crippen LogP contribution in [-0.2, 0) is 6.54 Å². The second kappa shape index (κ2) is 6.39. The van der Waals surface area contributed by atoms with Gasteiger partial charge in [-0.3, -0.25) is 4.90 Å². The summed E-state index contributed by atoms with van der Waals surface area (Å²) in [7, 11) is 0. The molecule has 0 spiro atoms.